The van der Waals surface area contributed by atoms with Gasteiger partial charge in [0.15, 0.2) is 3.77 Å². The van der Waals surface area contributed by atoms with Gasteiger partial charge in [0.1, 0.15) is 11.6 Å². The van der Waals surface area contributed by atoms with Gasteiger partial charge in [-0.05, 0) is 68.9 Å². The second-order valence-corrected chi connectivity index (χ2v) is 5.10. The van der Waals surface area contributed by atoms with Crippen LogP contribution in [0.5, 0.6) is 0 Å². The Morgan fingerprint density at radius 2 is 2.12 bits per heavy atom. The van der Waals surface area contributed by atoms with Gasteiger partial charge in [-0.3, -0.25) is 0 Å². The molecule has 2 rings (SSSR count). The third-order valence-electron chi connectivity index (χ3n) is 2.01. The van der Waals surface area contributed by atoms with Crippen molar-refractivity contribution in [1.82, 2.24) is 0 Å². The molecular weight excluding hydrogens is 388 g/mol. The Morgan fingerprint density at radius 1 is 1.31 bits per heavy atom. The van der Waals surface area contributed by atoms with Gasteiger partial charge in [0.2, 0.25) is 0 Å². The minimum atomic E-state index is -0.259. The summed E-state index contributed by atoms with van der Waals surface area (Å²) in [6.07, 6.45) is 0. The molecule has 0 aliphatic carbocycles. The molecule has 0 saturated heterocycles. The van der Waals surface area contributed by atoms with Crippen molar-refractivity contribution in [3.63, 3.8) is 0 Å². The summed E-state index contributed by atoms with van der Waals surface area (Å²) in [6, 6.07) is 8.34. The fourth-order valence-electron chi connectivity index (χ4n) is 1.26. The van der Waals surface area contributed by atoms with Crippen molar-refractivity contribution < 1.29 is 8.81 Å². The largest absolute Gasteiger partial charge is 0.454 e. The molecule has 1 N–H and O–H groups in total. The third kappa shape index (κ3) is 2.98. The normalized spacial score (nSPS) is 10.4. The second kappa shape index (κ2) is 5.18. The summed E-state index contributed by atoms with van der Waals surface area (Å²) in [7, 11) is 0. The van der Waals surface area contributed by atoms with Gasteiger partial charge in [-0.2, -0.15) is 0 Å². The standard InChI is InChI=1S/C11H8BrFINO/c12-9-5-7(13)1-3-10(9)15-6-8-2-4-11(14)16-8/h1-5,15H,6H2. The van der Waals surface area contributed by atoms with Gasteiger partial charge in [0.05, 0.1) is 6.54 Å². The van der Waals surface area contributed by atoms with E-state index in [1.165, 1.54) is 12.1 Å². The van der Waals surface area contributed by atoms with E-state index in [1.54, 1.807) is 6.07 Å². The summed E-state index contributed by atoms with van der Waals surface area (Å²) in [4.78, 5) is 0. The first-order valence-electron chi connectivity index (χ1n) is 4.58. The summed E-state index contributed by atoms with van der Waals surface area (Å²) >= 11 is 5.40. The number of furan rings is 1. The van der Waals surface area contributed by atoms with Crippen LogP contribution in [0.4, 0.5) is 10.1 Å². The van der Waals surface area contributed by atoms with Gasteiger partial charge in [-0.1, -0.05) is 0 Å². The van der Waals surface area contributed by atoms with E-state index >= 15 is 0 Å². The predicted molar refractivity (Wildman–Crippen MR) is 72.9 cm³/mol. The number of benzene rings is 1. The molecular formula is C11H8BrFINO. The number of hydrogen-bond donors (Lipinski definition) is 1. The first-order chi connectivity index (χ1) is 7.65. The van der Waals surface area contributed by atoms with Crippen molar-refractivity contribution in [2.45, 2.75) is 6.54 Å². The lowest BCUT2D eigenvalue weighted by Gasteiger charge is -2.06. The van der Waals surface area contributed by atoms with E-state index in [-0.39, 0.29) is 5.82 Å². The van der Waals surface area contributed by atoms with Crippen LogP contribution in [0.2, 0.25) is 0 Å². The predicted octanol–water partition coefficient (Wildman–Crippen LogP) is 4.40. The molecule has 0 amide bonds. The van der Waals surface area contributed by atoms with Gasteiger partial charge >= 0.3 is 0 Å². The smallest absolute Gasteiger partial charge is 0.164 e. The van der Waals surface area contributed by atoms with Crippen LogP contribution < -0.4 is 5.32 Å². The lowest BCUT2D eigenvalue weighted by Crippen LogP contribution is -1.98. The maximum absolute atomic E-state index is 12.8. The maximum Gasteiger partial charge on any atom is 0.164 e. The zero-order valence-electron chi connectivity index (χ0n) is 8.14. The molecule has 1 aromatic heterocycles. The van der Waals surface area contributed by atoms with Crippen molar-refractivity contribution in [3.8, 4) is 0 Å². The van der Waals surface area contributed by atoms with E-state index in [1.807, 2.05) is 12.1 Å². The van der Waals surface area contributed by atoms with Crippen LogP contribution in [0.3, 0.4) is 0 Å². The molecule has 0 aliphatic heterocycles. The molecule has 0 bridgehead atoms. The Labute approximate surface area is 114 Å². The van der Waals surface area contributed by atoms with Gasteiger partial charge in [-0.25, -0.2) is 4.39 Å². The first-order valence-corrected chi connectivity index (χ1v) is 6.45. The second-order valence-electron chi connectivity index (χ2n) is 3.18. The van der Waals surface area contributed by atoms with E-state index in [0.29, 0.717) is 11.0 Å². The molecule has 0 radical (unpaired) electrons. The topological polar surface area (TPSA) is 25.2 Å². The maximum atomic E-state index is 12.8. The van der Waals surface area contributed by atoms with E-state index < -0.39 is 0 Å². The highest BCUT2D eigenvalue weighted by Gasteiger charge is 2.03. The van der Waals surface area contributed by atoms with E-state index in [2.05, 4.69) is 43.8 Å². The molecule has 2 nitrogen and oxygen atoms in total. The fourth-order valence-corrected chi connectivity index (χ4v) is 2.22. The Kier molecular flexibility index (Phi) is 3.86. The molecule has 0 saturated carbocycles. The van der Waals surface area contributed by atoms with Crippen LogP contribution >= 0.6 is 38.5 Å². The van der Waals surface area contributed by atoms with Crippen LogP contribution in [0.15, 0.2) is 39.2 Å². The minimum absolute atomic E-state index is 0.259. The highest BCUT2D eigenvalue weighted by atomic mass is 127. The minimum Gasteiger partial charge on any atom is -0.454 e. The summed E-state index contributed by atoms with van der Waals surface area (Å²) < 4.78 is 19.8. The number of anilines is 1. The molecule has 0 spiro atoms. The van der Waals surface area contributed by atoms with Crippen LogP contribution in [0.25, 0.3) is 0 Å². The van der Waals surface area contributed by atoms with Crippen molar-refractivity contribution in [1.29, 1.82) is 0 Å². The number of rotatable bonds is 3. The Bertz CT molecular complexity index is 500. The summed E-state index contributed by atoms with van der Waals surface area (Å²) in [5, 5.41) is 3.16. The van der Waals surface area contributed by atoms with E-state index in [4.69, 9.17) is 4.42 Å². The summed E-state index contributed by atoms with van der Waals surface area (Å²) in [5.74, 6) is 0.589. The van der Waals surface area contributed by atoms with Crippen molar-refractivity contribution in [2.75, 3.05) is 5.32 Å². The number of hydrogen-bond acceptors (Lipinski definition) is 2. The quantitative estimate of drug-likeness (QED) is 0.779. The molecule has 0 unspecified atom stereocenters. The van der Waals surface area contributed by atoms with E-state index in [0.717, 1.165) is 15.2 Å². The average Bonchev–Trinajstić information content (AvgIpc) is 2.63. The summed E-state index contributed by atoms with van der Waals surface area (Å²) in [6.45, 7) is 0.577. The van der Waals surface area contributed by atoms with Crippen LogP contribution in [0.1, 0.15) is 5.76 Å². The number of nitrogens with one attached hydrogen (secondary N) is 1. The molecule has 0 aliphatic rings. The van der Waals surface area contributed by atoms with Gasteiger partial charge in [0, 0.05) is 10.2 Å². The van der Waals surface area contributed by atoms with Gasteiger partial charge in [-0.15, -0.1) is 0 Å². The molecule has 84 valence electrons. The molecule has 1 aromatic carbocycles. The molecule has 16 heavy (non-hydrogen) atoms. The molecule has 0 fully saturated rings. The van der Waals surface area contributed by atoms with Crippen molar-refractivity contribution in [3.05, 3.63) is 50.1 Å². The zero-order valence-corrected chi connectivity index (χ0v) is 11.9. The van der Waals surface area contributed by atoms with Crippen LogP contribution in [-0.4, -0.2) is 0 Å². The highest BCUT2D eigenvalue weighted by Crippen LogP contribution is 2.23. The monoisotopic (exact) mass is 395 g/mol. The lowest BCUT2D eigenvalue weighted by atomic mass is 10.3. The number of halogens is 3. The first kappa shape index (κ1) is 11.9. The Hall–Kier alpha value is -0.560. The Balaban J connectivity index is 2.04. The Morgan fingerprint density at radius 3 is 2.75 bits per heavy atom. The van der Waals surface area contributed by atoms with E-state index in [9.17, 15) is 4.39 Å². The van der Waals surface area contributed by atoms with Crippen molar-refractivity contribution in [2.24, 2.45) is 0 Å². The molecule has 0 atom stereocenters. The lowest BCUT2D eigenvalue weighted by molar-refractivity contribution is 0.493. The van der Waals surface area contributed by atoms with Gasteiger partial charge < -0.3 is 9.73 Å². The average molecular weight is 396 g/mol. The van der Waals surface area contributed by atoms with Crippen molar-refractivity contribution >= 4 is 44.2 Å². The van der Waals surface area contributed by atoms with Crippen LogP contribution in [0, 0.1) is 9.58 Å². The molecule has 5 heteroatoms. The highest BCUT2D eigenvalue weighted by molar-refractivity contribution is 14.1. The van der Waals surface area contributed by atoms with Crippen LogP contribution in [-0.2, 0) is 6.54 Å². The molecule has 1 heterocycles. The fraction of sp³-hybridized carbons (Fsp3) is 0.0909. The zero-order chi connectivity index (χ0) is 11.5. The third-order valence-corrected chi connectivity index (χ3v) is 3.25. The SMILES string of the molecule is Fc1ccc(NCc2ccc(I)o2)c(Br)c1. The van der Waals surface area contributed by atoms with Gasteiger partial charge in [0.25, 0.3) is 0 Å². The summed E-state index contributed by atoms with van der Waals surface area (Å²) in [5.41, 5.74) is 0.841. The molecule has 2 aromatic rings.